The van der Waals surface area contributed by atoms with Crippen LogP contribution in [0.25, 0.3) is 0 Å². The number of urea groups is 1. The molecule has 1 saturated carbocycles. The van der Waals surface area contributed by atoms with Crippen molar-refractivity contribution in [1.29, 1.82) is 0 Å². The van der Waals surface area contributed by atoms with Gasteiger partial charge in [-0.2, -0.15) is 0 Å². The number of benzene rings is 1. The molecule has 2 N–H and O–H groups in total. The molecule has 0 radical (unpaired) electrons. The van der Waals surface area contributed by atoms with Crippen molar-refractivity contribution < 1.29 is 4.79 Å². The molecule has 1 aromatic rings. The van der Waals surface area contributed by atoms with E-state index in [-0.39, 0.29) is 6.03 Å². The molecule has 0 aromatic heterocycles. The van der Waals surface area contributed by atoms with Gasteiger partial charge in [0.2, 0.25) is 0 Å². The molecule has 98 valence electrons. The van der Waals surface area contributed by atoms with Crippen LogP contribution in [-0.2, 0) is 0 Å². The van der Waals surface area contributed by atoms with Crippen molar-refractivity contribution in [1.82, 2.24) is 5.32 Å². The molecule has 0 heterocycles. The normalized spacial score (nSPS) is 16.3. The van der Waals surface area contributed by atoms with Gasteiger partial charge in [-0.05, 0) is 47.0 Å². The molecule has 1 aliphatic carbocycles. The van der Waals surface area contributed by atoms with E-state index in [2.05, 4.69) is 26.6 Å². The van der Waals surface area contributed by atoms with Gasteiger partial charge in [0.25, 0.3) is 0 Å². The average Bonchev–Trinajstić information content (AvgIpc) is 2.35. The largest absolute Gasteiger partial charge is 0.335 e. The summed E-state index contributed by atoms with van der Waals surface area (Å²) in [6.07, 6.45) is 5.82. The molecule has 2 rings (SSSR count). The summed E-state index contributed by atoms with van der Waals surface area (Å²) in [5, 5.41) is 6.42. The third kappa shape index (κ3) is 3.89. The average molecular weight is 332 g/mol. The summed E-state index contributed by atoms with van der Waals surface area (Å²) >= 11 is 9.28. The Bertz CT molecular complexity index is 433. The van der Waals surface area contributed by atoms with Crippen LogP contribution in [0.15, 0.2) is 22.7 Å². The van der Waals surface area contributed by atoms with Crippen molar-refractivity contribution in [3.63, 3.8) is 0 Å². The zero-order chi connectivity index (χ0) is 13.0. The summed E-state index contributed by atoms with van der Waals surface area (Å²) in [4.78, 5) is 11.9. The third-order valence-corrected chi connectivity index (χ3v) is 4.04. The maximum atomic E-state index is 11.9. The fourth-order valence-electron chi connectivity index (χ4n) is 2.18. The summed E-state index contributed by atoms with van der Waals surface area (Å²) in [6, 6.07) is 5.46. The van der Waals surface area contributed by atoms with Crippen molar-refractivity contribution in [2.75, 3.05) is 5.32 Å². The molecule has 0 aliphatic heterocycles. The first kappa shape index (κ1) is 13.7. The molecule has 3 nitrogen and oxygen atoms in total. The van der Waals surface area contributed by atoms with E-state index in [0.29, 0.717) is 16.8 Å². The number of hydrogen-bond acceptors (Lipinski definition) is 1. The molecule has 0 bridgehead atoms. The second-order valence-corrected chi connectivity index (χ2v) is 5.85. The van der Waals surface area contributed by atoms with Crippen molar-refractivity contribution in [2.24, 2.45) is 0 Å². The Kier molecular flexibility index (Phi) is 4.89. The molecule has 2 amide bonds. The second-order valence-electron chi connectivity index (χ2n) is 4.56. The van der Waals surface area contributed by atoms with Crippen LogP contribution >= 0.6 is 27.5 Å². The van der Waals surface area contributed by atoms with E-state index in [1.54, 1.807) is 12.1 Å². The van der Waals surface area contributed by atoms with Crippen LogP contribution in [-0.4, -0.2) is 12.1 Å². The van der Waals surface area contributed by atoms with Crippen LogP contribution < -0.4 is 10.6 Å². The van der Waals surface area contributed by atoms with Crippen LogP contribution in [0.3, 0.4) is 0 Å². The first-order valence-electron chi connectivity index (χ1n) is 6.18. The quantitative estimate of drug-likeness (QED) is 0.819. The second kappa shape index (κ2) is 6.43. The predicted molar refractivity (Wildman–Crippen MR) is 78.2 cm³/mol. The van der Waals surface area contributed by atoms with Gasteiger partial charge < -0.3 is 10.6 Å². The van der Waals surface area contributed by atoms with E-state index < -0.39 is 0 Å². The van der Waals surface area contributed by atoms with Crippen LogP contribution in [0.2, 0.25) is 5.02 Å². The number of amides is 2. The van der Waals surface area contributed by atoms with E-state index in [1.165, 1.54) is 19.3 Å². The Morgan fingerprint density at radius 3 is 2.72 bits per heavy atom. The number of anilines is 1. The molecule has 1 aliphatic rings. The van der Waals surface area contributed by atoms with E-state index in [4.69, 9.17) is 11.6 Å². The van der Waals surface area contributed by atoms with Crippen LogP contribution in [0.1, 0.15) is 32.1 Å². The summed E-state index contributed by atoms with van der Waals surface area (Å²) in [7, 11) is 0. The minimum Gasteiger partial charge on any atom is -0.335 e. The Morgan fingerprint density at radius 2 is 2.00 bits per heavy atom. The van der Waals surface area contributed by atoms with Gasteiger partial charge in [0.1, 0.15) is 0 Å². The van der Waals surface area contributed by atoms with Gasteiger partial charge in [-0.25, -0.2) is 4.79 Å². The van der Waals surface area contributed by atoms with Crippen molar-refractivity contribution in [3.05, 3.63) is 27.7 Å². The molecule has 18 heavy (non-hydrogen) atoms. The zero-order valence-corrected chi connectivity index (χ0v) is 12.4. The lowest BCUT2D eigenvalue weighted by molar-refractivity contribution is 0.244. The molecule has 1 fully saturated rings. The Balaban J connectivity index is 1.92. The fraction of sp³-hybridized carbons (Fsp3) is 0.462. The lowest BCUT2D eigenvalue weighted by atomic mass is 9.96. The lowest BCUT2D eigenvalue weighted by Gasteiger charge is -2.23. The molecule has 5 heteroatoms. The van der Waals surface area contributed by atoms with Gasteiger partial charge in [-0.15, -0.1) is 0 Å². The smallest absolute Gasteiger partial charge is 0.319 e. The number of nitrogens with one attached hydrogen (secondary N) is 2. The van der Waals surface area contributed by atoms with Gasteiger partial charge >= 0.3 is 6.03 Å². The number of hydrogen-bond donors (Lipinski definition) is 2. The summed E-state index contributed by atoms with van der Waals surface area (Å²) in [5.41, 5.74) is 0.691. The number of halogens is 2. The van der Waals surface area contributed by atoms with Gasteiger partial charge in [0.15, 0.2) is 0 Å². The molecular weight excluding hydrogens is 316 g/mol. The van der Waals surface area contributed by atoms with Gasteiger partial charge in [0.05, 0.1) is 5.69 Å². The van der Waals surface area contributed by atoms with E-state index >= 15 is 0 Å². The number of carbonyl (C=O) groups is 1. The van der Waals surface area contributed by atoms with E-state index in [9.17, 15) is 4.79 Å². The molecule has 0 atom stereocenters. The lowest BCUT2D eigenvalue weighted by Crippen LogP contribution is -2.39. The van der Waals surface area contributed by atoms with E-state index in [0.717, 1.165) is 17.3 Å². The van der Waals surface area contributed by atoms with E-state index in [1.807, 2.05) is 6.07 Å². The van der Waals surface area contributed by atoms with Crippen LogP contribution in [0.4, 0.5) is 10.5 Å². The number of rotatable bonds is 2. The minimum atomic E-state index is -0.162. The standard InChI is InChI=1S/C13H16BrClN2O/c14-11-7-6-9(15)8-12(11)17-13(18)16-10-4-2-1-3-5-10/h6-8,10H,1-5H2,(H2,16,17,18). The Hall–Kier alpha value is -0.740. The zero-order valence-electron chi connectivity index (χ0n) is 10.0. The molecule has 0 unspecified atom stereocenters. The minimum absolute atomic E-state index is 0.162. The highest BCUT2D eigenvalue weighted by Gasteiger charge is 2.16. The summed E-state index contributed by atoms with van der Waals surface area (Å²) in [6.45, 7) is 0. The predicted octanol–water partition coefficient (Wildman–Crippen LogP) is 4.56. The van der Waals surface area contributed by atoms with Gasteiger partial charge in [0, 0.05) is 15.5 Å². The first-order chi connectivity index (χ1) is 8.65. The summed E-state index contributed by atoms with van der Waals surface area (Å²) < 4.78 is 0.825. The summed E-state index contributed by atoms with van der Waals surface area (Å²) in [5.74, 6) is 0. The maximum absolute atomic E-state index is 11.9. The van der Waals surface area contributed by atoms with Crippen molar-refractivity contribution in [2.45, 2.75) is 38.1 Å². The highest BCUT2D eigenvalue weighted by atomic mass is 79.9. The number of carbonyl (C=O) groups excluding carboxylic acids is 1. The molecule has 1 aromatic carbocycles. The first-order valence-corrected chi connectivity index (χ1v) is 7.35. The maximum Gasteiger partial charge on any atom is 0.319 e. The van der Waals surface area contributed by atoms with Crippen LogP contribution in [0, 0.1) is 0 Å². The van der Waals surface area contributed by atoms with Crippen molar-refractivity contribution in [3.8, 4) is 0 Å². The monoisotopic (exact) mass is 330 g/mol. The molecular formula is C13H16BrClN2O. The highest BCUT2D eigenvalue weighted by Crippen LogP contribution is 2.26. The Morgan fingerprint density at radius 1 is 1.28 bits per heavy atom. The van der Waals surface area contributed by atoms with Crippen LogP contribution in [0.5, 0.6) is 0 Å². The SMILES string of the molecule is O=C(Nc1cc(Cl)ccc1Br)NC1CCCCC1. The van der Waals surface area contributed by atoms with Gasteiger partial charge in [-0.1, -0.05) is 30.9 Å². The highest BCUT2D eigenvalue weighted by molar-refractivity contribution is 9.10. The van der Waals surface area contributed by atoms with Gasteiger partial charge in [-0.3, -0.25) is 0 Å². The topological polar surface area (TPSA) is 41.1 Å². The Labute approximate surface area is 120 Å². The van der Waals surface area contributed by atoms with Crippen molar-refractivity contribution >= 4 is 39.2 Å². The molecule has 0 spiro atoms. The molecule has 0 saturated heterocycles. The fourth-order valence-corrected chi connectivity index (χ4v) is 2.70. The third-order valence-electron chi connectivity index (χ3n) is 3.12.